The van der Waals surface area contributed by atoms with E-state index in [0.29, 0.717) is 23.7 Å². The minimum absolute atomic E-state index is 0.0250. The van der Waals surface area contributed by atoms with Crippen molar-refractivity contribution in [3.8, 4) is 0 Å². The molecule has 1 heterocycles. The number of carboxylic acid groups (broad SMARTS) is 1. The molecule has 4 saturated carbocycles. The van der Waals surface area contributed by atoms with Crippen molar-refractivity contribution in [2.24, 2.45) is 51.2 Å². The van der Waals surface area contributed by atoms with Crippen LogP contribution in [0.1, 0.15) is 104 Å². The molecule has 0 spiro atoms. The minimum Gasteiger partial charge on any atom is -0.481 e. The maximum absolute atomic E-state index is 12.9. The zero-order valence-electron chi connectivity index (χ0n) is 23.4. The molecule has 196 valence electrons. The van der Waals surface area contributed by atoms with Crippen LogP contribution in [0.2, 0.25) is 0 Å². The highest BCUT2D eigenvalue weighted by Crippen LogP contribution is 2.77. The predicted octanol–water partition coefficient (Wildman–Crippen LogP) is 7.23. The van der Waals surface area contributed by atoms with E-state index in [1.54, 1.807) is 0 Å². The van der Waals surface area contributed by atoms with Crippen molar-refractivity contribution in [1.82, 2.24) is 9.97 Å². The highest BCUT2D eigenvalue weighted by Gasteiger charge is 2.72. The van der Waals surface area contributed by atoms with E-state index in [1.807, 2.05) is 12.4 Å². The topological polar surface area (TPSA) is 63.1 Å². The Bertz CT molecular complexity index is 1130. The van der Waals surface area contributed by atoms with Crippen LogP contribution < -0.4 is 0 Å². The minimum atomic E-state index is -0.542. The van der Waals surface area contributed by atoms with Gasteiger partial charge in [-0.15, -0.1) is 0 Å². The normalized spacial score (nSPS) is 48.6. The number of rotatable bonds is 2. The van der Waals surface area contributed by atoms with Gasteiger partial charge >= 0.3 is 5.97 Å². The number of aliphatic carboxylic acids is 1. The summed E-state index contributed by atoms with van der Waals surface area (Å²) in [6.45, 7) is 19.1. The summed E-state index contributed by atoms with van der Waals surface area (Å²) in [5.41, 5.74) is 3.69. The maximum atomic E-state index is 12.9. The van der Waals surface area contributed by atoms with E-state index in [2.05, 4.69) is 48.1 Å². The third-order valence-corrected chi connectivity index (χ3v) is 13.6. The molecule has 4 fully saturated rings. The van der Waals surface area contributed by atoms with E-state index in [-0.39, 0.29) is 27.6 Å². The van der Waals surface area contributed by atoms with Crippen LogP contribution in [-0.4, -0.2) is 21.0 Å². The lowest BCUT2D eigenvalue weighted by atomic mass is 9.32. The first-order chi connectivity index (χ1) is 16.8. The second-order valence-electron chi connectivity index (χ2n) is 14.9. The van der Waals surface area contributed by atoms with Crippen molar-refractivity contribution >= 4 is 5.97 Å². The summed E-state index contributed by atoms with van der Waals surface area (Å²) in [5.74, 6) is 1.75. The second-order valence-corrected chi connectivity index (χ2v) is 14.9. The van der Waals surface area contributed by atoms with Gasteiger partial charge in [-0.05, 0) is 111 Å². The van der Waals surface area contributed by atoms with Crippen LogP contribution in [0.25, 0.3) is 0 Å². The summed E-state index contributed by atoms with van der Waals surface area (Å²) >= 11 is 0. The number of carbonyl (C=O) groups is 1. The fourth-order valence-electron chi connectivity index (χ4n) is 11.9. The highest BCUT2D eigenvalue weighted by atomic mass is 16.4. The number of fused-ring (bicyclic) bond motifs is 8. The molecule has 1 aromatic rings. The van der Waals surface area contributed by atoms with Crippen molar-refractivity contribution in [3.05, 3.63) is 35.9 Å². The molecule has 0 radical (unpaired) electrons. The molecule has 4 nitrogen and oxygen atoms in total. The molecule has 4 heteroatoms. The van der Waals surface area contributed by atoms with Crippen LogP contribution in [0.3, 0.4) is 0 Å². The summed E-state index contributed by atoms with van der Waals surface area (Å²) in [4.78, 5) is 22.6. The Labute approximate surface area is 217 Å². The molecular formula is C32H46N2O2. The smallest absolute Gasteiger partial charge is 0.309 e. The molecule has 5 aliphatic rings. The molecule has 0 aromatic carbocycles. The quantitative estimate of drug-likeness (QED) is 0.444. The van der Waals surface area contributed by atoms with Crippen LogP contribution >= 0.6 is 0 Å². The number of carboxylic acids is 1. The second kappa shape index (κ2) is 7.44. The standard InChI is InChI=1S/C32H46N2O2/c1-19(2)20-10-13-32(27(35)36)15-14-30(6)21(25(20)32)8-9-24-29(5)18-22-26(34-17-16-33-22)28(3,4)23(29)11-12-31(24,30)7/h16-17,20-21,23-25H,1,8-15,18H2,2-7H3,(H,35,36)/t20-,21?,23-,24+,25+,29-,30+,31+,32-/m0/s1. The lowest BCUT2D eigenvalue weighted by Gasteiger charge is -2.72. The summed E-state index contributed by atoms with van der Waals surface area (Å²) in [5, 5.41) is 10.6. The van der Waals surface area contributed by atoms with E-state index < -0.39 is 11.4 Å². The first kappa shape index (κ1) is 24.6. The largest absolute Gasteiger partial charge is 0.481 e. The van der Waals surface area contributed by atoms with E-state index >= 15 is 0 Å². The molecule has 9 atom stereocenters. The van der Waals surface area contributed by atoms with Gasteiger partial charge in [0.25, 0.3) is 0 Å². The average Bonchev–Trinajstić information content (AvgIpc) is 3.21. The lowest BCUT2D eigenvalue weighted by Crippen LogP contribution is -2.67. The molecule has 1 unspecified atom stereocenters. The van der Waals surface area contributed by atoms with Crippen LogP contribution in [-0.2, 0) is 16.6 Å². The maximum Gasteiger partial charge on any atom is 0.309 e. The summed E-state index contributed by atoms with van der Waals surface area (Å²) in [7, 11) is 0. The third-order valence-electron chi connectivity index (χ3n) is 13.6. The molecule has 0 bridgehead atoms. The van der Waals surface area contributed by atoms with E-state index in [1.165, 1.54) is 36.2 Å². The number of nitrogens with zero attached hydrogens (tertiary/aromatic N) is 2. The van der Waals surface area contributed by atoms with Crippen molar-refractivity contribution < 1.29 is 9.90 Å². The van der Waals surface area contributed by atoms with Crippen LogP contribution in [0, 0.1) is 51.2 Å². The van der Waals surface area contributed by atoms with E-state index in [4.69, 9.17) is 9.97 Å². The van der Waals surface area contributed by atoms with Crippen LogP contribution in [0.5, 0.6) is 0 Å². The monoisotopic (exact) mass is 490 g/mol. The molecule has 36 heavy (non-hydrogen) atoms. The molecule has 0 aliphatic heterocycles. The molecule has 6 rings (SSSR count). The van der Waals surface area contributed by atoms with E-state index in [0.717, 1.165) is 38.5 Å². The van der Waals surface area contributed by atoms with Gasteiger partial charge in [0.05, 0.1) is 16.8 Å². The van der Waals surface area contributed by atoms with Crippen LogP contribution in [0.4, 0.5) is 0 Å². The predicted molar refractivity (Wildman–Crippen MR) is 142 cm³/mol. The summed E-state index contributed by atoms with van der Waals surface area (Å²) in [6.07, 6.45) is 13.4. The number of hydrogen-bond acceptors (Lipinski definition) is 3. The Kier molecular flexibility index (Phi) is 5.09. The van der Waals surface area contributed by atoms with Gasteiger partial charge in [0.2, 0.25) is 0 Å². The molecule has 1 N–H and O–H groups in total. The zero-order chi connectivity index (χ0) is 25.9. The fourth-order valence-corrected chi connectivity index (χ4v) is 11.9. The molecule has 1 aromatic heterocycles. The van der Waals surface area contributed by atoms with Gasteiger partial charge in [-0.3, -0.25) is 14.8 Å². The van der Waals surface area contributed by atoms with Gasteiger partial charge in [-0.25, -0.2) is 0 Å². The number of aromatic nitrogens is 2. The van der Waals surface area contributed by atoms with E-state index in [9.17, 15) is 9.90 Å². The van der Waals surface area contributed by atoms with Crippen molar-refractivity contribution in [2.75, 3.05) is 0 Å². The number of hydrogen-bond donors (Lipinski definition) is 1. The summed E-state index contributed by atoms with van der Waals surface area (Å²) in [6, 6.07) is 0. The first-order valence-electron chi connectivity index (χ1n) is 14.5. The SMILES string of the molecule is C=C(C)[C@@H]1CC[C@]2(C(=O)O)CC[C@]3(C)C(CC[C@@H]4[C@@]5(C)Cc6nccnc6C(C)(C)[C@@H]5CC[C@]43C)[C@@H]12. The van der Waals surface area contributed by atoms with Gasteiger partial charge in [-0.2, -0.15) is 0 Å². The Hall–Kier alpha value is -1.71. The van der Waals surface area contributed by atoms with Gasteiger partial charge in [0, 0.05) is 17.8 Å². The van der Waals surface area contributed by atoms with Crippen LogP contribution in [0.15, 0.2) is 24.5 Å². The lowest BCUT2D eigenvalue weighted by molar-refractivity contribution is -0.228. The van der Waals surface area contributed by atoms with Gasteiger partial charge in [-0.1, -0.05) is 46.8 Å². The Morgan fingerprint density at radius 3 is 2.33 bits per heavy atom. The van der Waals surface area contributed by atoms with Gasteiger partial charge in [0.1, 0.15) is 0 Å². The fraction of sp³-hybridized carbons (Fsp3) is 0.781. The number of allylic oxidation sites excluding steroid dienone is 1. The Morgan fingerprint density at radius 1 is 0.917 bits per heavy atom. The van der Waals surface area contributed by atoms with Gasteiger partial charge in [0.15, 0.2) is 0 Å². The third kappa shape index (κ3) is 2.75. The molecule has 5 aliphatic carbocycles. The molecule has 0 saturated heterocycles. The Morgan fingerprint density at radius 2 is 1.64 bits per heavy atom. The molecule has 0 amide bonds. The van der Waals surface area contributed by atoms with Crippen molar-refractivity contribution in [1.29, 1.82) is 0 Å². The average molecular weight is 491 g/mol. The van der Waals surface area contributed by atoms with Gasteiger partial charge < -0.3 is 5.11 Å². The van der Waals surface area contributed by atoms with Crippen molar-refractivity contribution in [3.63, 3.8) is 0 Å². The zero-order valence-corrected chi connectivity index (χ0v) is 23.4. The molecular weight excluding hydrogens is 444 g/mol. The Balaban J connectivity index is 1.44. The highest BCUT2D eigenvalue weighted by molar-refractivity contribution is 5.76. The van der Waals surface area contributed by atoms with Crippen molar-refractivity contribution in [2.45, 2.75) is 105 Å². The summed E-state index contributed by atoms with van der Waals surface area (Å²) < 4.78 is 0. The first-order valence-corrected chi connectivity index (χ1v) is 14.5.